The fourth-order valence-corrected chi connectivity index (χ4v) is 4.45. The fraction of sp³-hybridized carbons (Fsp3) is 0.316. The number of aromatic nitrogens is 2. The van der Waals surface area contributed by atoms with Gasteiger partial charge in [0, 0.05) is 29.4 Å². The lowest BCUT2D eigenvalue weighted by molar-refractivity contribution is -0.142. The van der Waals surface area contributed by atoms with E-state index in [-0.39, 0.29) is 12.4 Å². The average Bonchev–Trinajstić information content (AvgIpc) is 3.43. The molecule has 140 valence electrons. The number of carbonyl (C=O) groups excluding carboxylic acids is 1. The normalized spacial score (nSPS) is 13.9. The smallest absolute Gasteiger partial charge is 0.312 e. The molecule has 1 aliphatic heterocycles. The van der Waals surface area contributed by atoms with Gasteiger partial charge in [0.25, 0.3) is 0 Å². The third-order valence-corrected chi connectivity index (χ3v) is 5.82. The molecular formula is C19H19N3O3S2. The van der Waals surface area contributed by atoms with Crippen LogP contribution in [0.3, 0.4) is 0 Å². The summed E-state index contributed by atoms with van der Waals surface area (Å²) in [6, 6.07) is 5.90. The molecule has 4 rings (SSSR count). The SMILES string of the molecule is CCOC(=O)Cc1nc(-c2ccc(N3CCSC3)nc2)oc1-c1ccsc1. The molecule has 3 aromatic heterocycles. The third-order valence-electron chi connectivity index (χ3n) is 4.17. The molecule has 0 radical (unpaired) electrons. The highest BCUT2D eigenvalue weighted by Crippen LogP contribution is 2.32. The van der Waals surface area contributed by atoms with Crippen molar-refractivity contribution in [3.8, 4) is 22.8 Å². The monoisotopic (exact) mass is 401 g/mol. The standard InChI is InChI=1S/C19H19N3O3S2/c1-2-24-17(23)9-15-18(14-5-7-26-11-14)25-19(21-15)13-3-4-16(20-10-13)22-6-8-27-12-22/h3-5,7,10-11H,2,6,8-9,12H2,1H3. The Labute approximate surface area is 165 Å². The Morgan fingerprint density at radius 3 is 2.93 bits per heavy atom. The molecule has 1 saturated heterocycles. The minimum absolute atomic E-state index is 0.0824. The highest BCUT2D eigenvalue weighted by molar-refractivity contribution is 7.99. The number of pyridine rings is 1. The second-order valence-electron chi connectivity index (χ2n) is 5.99. The number of ether oxygens (including phenoxy) is 1. The summed E-state index contributed by atoms with van der Waals surface area (Å²) in [5, 5.41) is 3.95. The van der Waals surface area contributed by atoms with Gasteiger partial charge in [-0.05, 0) is 30.5 Å². The summed E-state index contributed by atoms with van der Waals surface area (Å²) in [6.07, 6.45) is 1.86. The van der Waals surface area contributed by atoms with Crippen molar-refractivity contribution in [3.63, 3.8) is 0 Å². The maximum atomic E-state index is 12.0. The van der Waals surface area contributed by atoms with Gasteiger partial charge in [-0.1, -0.05) is 0 Å². The zero-order valence-electron chi connectivity index (χ0n) is 14.9. The molecule has 0 saturated carbocycles. The van der Waals surface area contributed by atoms with Crippen molar-refractivity contribution in [3.05, 3.63) is 40.8 Å². The van der Waals surface area contributed by atoms with Crippen LogP contribution in [-0.2, 0) is 16.0 Å². The fourth-order valence-electron chi connectivity index (χ4n) is 2.86. The summed E-state index contributed by atoms with van der Waals surface area (Å²) in [7, 11) is 0. The van der Waals surface area contributed by atoms with Gasteiger partial charge in [0.15, 0.2) is 5.76 Å². The molecule has 1 aliphatic rings. The molecular weight excluding hydrogens is 382 g/mol. The average molecular weight is 402 g/mol. The Balaban J connectivity index is 1.63. The summed E-state index contributed by atoms with van der Waals surface area (Å²) in [6.45, 7) is 3.15. The summed E-state index contributed by atoms with van der Waals surface area (Å²) in [4.78, 5) is 23.3. The Morgan fingerprint density at radius 1 is 1.33 bits per heavy atom. The van der Waals surface area contributed by atoms with Crippen molar-refractivity contribution in [2.75, 3.05) is 29.7 Å². The predicted octanol–water partition coefficient (Wildman–Crippen LogP) is 4.08. The van der Waals surface area contributed by atoms with Gasteiger partial charge in [0.1, 0.15) is 5.82 Å². The number of nitrogens with zero attached hydrogens (tertiary/aromatic N) is 3. The number of thiophene rings is 1. The van der Waals surface area contributed by atoms with Gasteiger partial charge in [-0.15, -0.1) is 11.8 Å². The number of thioether (sulfide) groups is 1. The van der Waals surface area contributed by atoms with Gasteiger partial charge in [-0.2, -0.15) is 11.3 Å². The zero-order chi connectivity index (χ0) is 18.6. The van der Waals surface area contributed by atoms with E-state index >= 15 is 0 Å². The van der Waals surface area contributed by atoms with Crippen LogP contribution in [0, 0.1) is 0 Å². The van der Waals surface area contributed by atoms with Crippen LogP contribution >= 0.6 is 23.1 Å². The van der Waals surface area contributed by atoms with E-state index in [0.29, 0.717) is 24.0 Å². The largest absolute Gasteiger partial charge is 0.466 e. The molecule has 0 unspecified atom stereocenters. The Kier molecular flexibility index (Phi) is 5.45. The number of carbonyl (C=O) groups is 1. The lowest BCUT2D eigenvalue weighted by atomic mass is 10.2. The highest BCUT2D eigenvalue weighted by Gasteiger charge is 2.20. The first-order chi connectivity index (χ1) is 13.2. The molecule has 0 N–H and O–H groups in total. The van der Waals surface area contributed by atoms with Gasteiger partial charge in [-0.3, -0.25) is 4.79 Å². The van der Waals surface area contributed by atoms with Crippen LogP contribution in [0.15, 0.2) is 39.6 Å². The van der Waals surface area contributed by atoms with Crippen molar-refractivity contribution in [1.29, 1.82) is 0 Å². The van der Waals surface area contributed by atoms with Crippen LogP contribution in [0.25, 0.3) is 22.8 Å². The van der Waals surface area contributed by atoms with E-state index in [4.69, 9.17) is 9.15 Å². The van der Waals surface area contributed by atoms with Crippen molar-refractivity contribution < 1.29 is 13.9 Å². The number of hydrogen-bond acceptors (Lipinski definition) is 8. The van der Waals surface area contributed by atoms with Crippen molar-refractivity contribution in [1.82, 2.24) is 9.97 Å². The first-order valence-corrected chi connectivity index (χ1v) is 10.8. The number of anilines is 1. The summed E-state index contributed by atoms with van der Waals surface area (Å²) >= 11 is 3.47. The quantitative estimate of drug-likeness (QED) is 0.577. The molecule has 1 fully saturated rings. The van der Waals surface area contributed by atoms with Crippen LogP contribution in [-0.4, -0.2) is 40.7 Å². The second kappa shape index (κ2) is 8.14. The van der Waals surface area contributed by atoms with E-state index in [2.05, 4.69) is 14.9 Å². The van der Waals surface area contributed by atoms with Crippen molar-refractivity contribution >= 4 is 34.9 Å². The van der Waals surface area contributed by atoms with Crippen LogP contribution in [0.2, 0.25) is 0 Å². The molecule has 0 bridgehead atoms. The predicted molar refractivity (Wildman–Crippen MR) is 108 cm³/mol. The summed E-state index contributed by atoms with van der Waals surface area (Å²) in [5.41, 5.74) is 2.29. The van der Waals surface area contributed by atoms with E-state index in [1.54, 1.807) is 24.5 Å². The van der Waals surface area contributed by atoms with E-state index < -0.39 is 0 Å². The molecule has 0 atom stereocenters. The highest BCUT2D eigenvalue weighted by atomic mass is 32.2. The lowest BCUT2D eigenvalue weighted by Gasteiger charge is -2.14. The van der Waals surface area contributed by atoms with Gasteiger partial charge in [0.05, 0.1) is 30.2 Å². The molecule has 6 nitrogen and oxygen atoms in total. The maximum Gasteiger partial charge on any atom is 0.312 e. The van der Waals surface area contributed by atoms with Crippen molar-refractivity contribution in [2.45, 2.75) is 13.3 Å². The van der Waals surface area contributed by atoms with Gasteiger partial charge >= 0.3 is 5.97 Å². The zero-order valence-corrected chi connectivity index (χ0v) is 16.5. The summed E-state index contributed by atoms with van der Waals surface area (Å²) in [5.74, 6) is 3.82. The Bertz CT molecular complexity index is 901. The van der Waals surface area contributed by atoms with Crippen molar-refractivity contribution in [2.24, 2.45) is 0 Å². The first kappa shape index (κ1) is 18.1. The topological polar surface area (TPSA) is 68.5 Å². The summed E-state index contributed by atoms with van der Waals surface area (Å²) < 4.78 is 11.1. The second-order valence-corrected chi connectivity index (χ2v) is 7.85. The van der Waals surface area contributed by atoms with Gasteiger partial charge in [0.2, 0.25) is 5.89 Å². The molecule has 3 aromatic rings. The molecule has 27 heavy (non-hydrogen) atoms. The molecule has 0 aliphatic carbocycles. The Morgan fingerprint density at radius 2 is 2.26 bits per heavy atom. The van der Waals surface area contributed by atoms with Gasteiger partial charge in [-0.25, -0.2) is 9.97 Å². The molecule has 0 amide bonds. The minimum Gasteiger partial charge on any atom is -0.466 e. The van der Waals surface area contributed by atoms with E-state index in [0.717, 1.165) is 35.1 Å². The number of oxazole rings is 1. The van der Waals surface area contributed by atoms with Crippen LogP contribution in [0.1, 0.15) is 12.6 Å². The third kappa shape index (κ3) is 4.01. The number of hydrogen-bond donors (Lipinski definition) is 0. The molecule has 0 aromatic carbocycles. The van der Waals surface area contributed by atoms with Crippen LogP contribution in [0.5, 0.6) is 0 Å². The molecule has 8 heteroatoms. The number of esters is 1. The minimum atomic E-state index is -0.311. The number of rotatable bonds is 6. The van der Waals surface area contributed by atoms with Crippen LogP contribution < -0.4 is 4.90 Å². The van der Waals surface area contributed by atoms with E-state index in [1.807, 2.05) is 40.7 Å². The van der Waals surface area contributed by atoms with E-state index in [9.17, 15) is 4.79 Å². The Hall–Kier alpha value is -2.32. The molecule has 4 heterocycles. The van der Waals surface area contributed by atoms with E-state index in [1.165, 1.54) is 0 Å². The first-order valence-electron chi connectivity index (χ1n) is 8.71. The maximum absolute atomic E-state index is 12.0. The van der Waals surface area contributed by atoms with Crippen LogP contribution in [0.4, 0.5) is 5.82 Å². The molecule has 0 spiro atoms. The van der Waals surface area contributed by atoms with Gasteiger partial charge < -0.3 is 14.1 Å². The lowest BCUT2D eigenvalue weighted by Crippen LogP contribution is -2.18.